The lowest BCUT2D eigenvalue weighted by atomic mass is 10.0. The van der Waals surface area contributed by atoms with Crippen molar-refractivity contribution in [2.45, 2.75) is 32.6 Å². The van der Waals surface area contributed by atoms with Gasteiger partial charge in [-0.1, -0.05) is 6.92 Å². The molecule has 114 valence electrons. The molecule has 5 heteroatoms. The summed E-state index contributed by atoms with van der Waals surface area (Å²) < 4.78 is 5.32. The lowest BCUT2D eigenvalue weighted by molar-refractivity contribution is 0.146. The highest BCUT2D eigenvalue weighted by Crippen LogP contribution is 2.29. The van der Waals surface area contributed by atoms with E-state index in [1.807, 2.05) is 0 Å². The summed E-state index contributed by atoms with van der Waals surface area (Å²) in [6.45, 7) is 5.17. The van der Waals surface area contributed by atoms with Crippen molar-refractivity contribution in [3.05, 3.63) is 18.1 Å². The smallest absolute Gasteiger partial charge is 0.143 e. The Bertz CT molecular complexity index is 595. The molecule has 0 radical (unpaired) electrons. The molecule has 0 spiro atoms. The summed E-state index contributed by atoms with van der Waals surface area (Å²) in [6, 6.07) is 0. The number of methoxy groups -OCH3 is 1. The molecular weight excluding hydrogens is 264 g/mol. The number of hydrogen-bond acceptors (Lipinski definition) is 4. The Balaban J connectivity index is 1.88. The van der Waals surface area contributed by atoms with E-state index in [0.717, 1.165) is 37.6 Å². The van der Waals surface area contributed by atoms with Crippen LogP contribution in [0.2, 0.25) is 0 Å². The number of aromatic amines is 1. The molecule has 0 aliphatic carbocycles. The fraction of sp³-hybridized carbons (Fsp3) is 0.625. The molecular formula is C16H24N4O. The number of rotatable bonds is 4. The number of fused-ring (bicyclic) bond motifs is 1. The summed E-state index contributed by atoms with van der Waals surface area (Å²) in [4.78, 5) is 14.6. The second kappa shape index (κ2) is 6.43. The van der Waals surface area contributed by atoms with Crippen LogP contribution < -0.4 is 4.90 Å². The van der Waals surface area contributed by atoms with Gasteiger partial charge in [0.1, 0.15) is 17.8 Å². The molecule has 3 heterocycles. The Morgan fingerprint density at radius 3 is 3.05 bits per heavy atom. The zero-order valence-corrected chi connectivity index (χ0v) is 12.9. The summed E-state index contributed by atoms with van der Waals surface area (Å²) in [5.41, 5.74) is 2.26. The zero-order chi connectivity index (χ0) is 14.7. The average molecular weight is 288 g/mol. The van der Waals surface area contributed by atoms with Crippen molar-refractivity contribution in [1.29, 1.82) is 0 Å². The number of aryl methyl sites for hydroxylation is 1. The topological polar surface area (TPSA) is 54.0 Å². The molecule has 0 saturated carbocycles. The third kappa shape index (κ3) is 2.88. The summed E-state index contributed by atoms with van der Waals surface area (Å²) in [5, 5.41) is 1.20. The number of ether oxygens (including phenoxy) is 1. The summed E-state index contributed by atoms with van der Waals surface area (Å²) in [7, 11) is 1.80. The largest absolute Gasteiger partial charge is 0.384 e. The van der Waals surface area contributed by atoms with Gasteiger partial charge < -0.3 is 14.6 Å². The zero-order valence-electron chi connectivity index (χ0n) is 12.9. The Morgan fingerprint density at radius 1 is 1.33 bits per heavy atom. The molecule has 21 heavy (non-hydrogen) atoms. The Hall–Kier alpha value is -1.62. The van der Waals surface area contributed by atoms with Crippen molar-refractivity contribution in [3.8, 4) is 0 Å². The Morgan fingerprint density at radius 2 is 2.24 bits per heavy atom. The van der Waals surface area contributed by atoms with Gasteiger partial charge in [0.2, 0.25) is 0 Å². The predicted molar refractivity (Wildman–Crippen MR) is 84.7 cm³/mol. The number of anilines is 1. The molecule has 2 aromatic rings. The lowest BCUT2D eigenvalue weighted by Gasteiger charge is -2.22. The van der Waals surface area contributed by atoms with Crippen LogP contribution in [0.3, 0.4) is 0 Å². The standard InChI is InChI=1S/C16H24N4O/c1-3-13-9-17-15-14(13)16(19-11-18-15)20-7-4-5-12(6-8-20)10-21-2/h9,11-12H,3-8,10H2,1-2H3,(H,17,18,19). The minimum Gasteiger partial charge on any atom is -0.384 e. The summed E-state index contributed by atoms with van der Waals surface area (Å²) >= 11 is 0. The molecule has 0 aromatic carbocycles. The van der Waals surface area contributed by atoms with E-state index in [1.54, 1.807) is 13.4 Å². The van der Waals surface area contributed by atoms with Gasteiger partial charge in [0.05, 0.1) is 5.39 Å². The van der Waals surface area contributed by atoms with Crippen molar-refractivity contribution in [2.24, 2.45) is 5.92 Å². The van der Waals surface area contributed by atoms with Gasteiger partial charge in [0.15, 0.2) is 0 Å². The van der Waals surface area contributed by atoms with Crippen molar-refractivity contribution in [1.82, 2.24) is 15.0 Å². The van der Waals surface area contributed by atoms with Crippen LogP contribution in [0.5, 0.6) is 0 Å². The normalized spacial score (nSPS) is 19.9. The highest BCUT2D eigenvalue weighted by atomic mass is 16.5. The number of H-pyrrole nitrogens is 1. The predicted octanol–water partition coefficient (Wildman–Crippen LogP) is 2.77. The SMILES string of the molecule is CCc1c[nH]c2ncnc(N3CCCC(COC)CC3)c12. The maximum atomic E-state index is 5.32. The first-order chi connectivity index (χ1) is 10.3. The number of nitrogens with zero attached hydrogens (tertiary/aromatic N) is 3. The Kier molecular flexibility index (Phi) is 4.39. The fourth-order valence-electron chi connectivity index (χ4n) is 3.31. The van der Waals surface area contributed by atoms with Crippen LogP contribution in [-0.4, -0.2) is 41.8 Å². The maximum absolute atomic E-state index is 5.32. The van der Waals surface area contributed by atoms with Crippen LogP contribution in [0.25, 0.3) is 11.0 Å². The van der Waals surface area contributed by atoms with Crippen molar-refractivity contribution in [3.63, 3.8) is 0 Å². The highest BCUT2D eigenvalue weighted by Gasteiger charge is 2.21. The molecule has 1 atom stereocenters. The fourth-order valence-corrected chi connectivity index (χ4v) is 3.31. The van der Waals surface area contributed by atoms with Gasteiger partial charge in [-0.05, 0) is 37.2 Å². The van der Waals surface area contributed by atoms with E-state index in [4.69, 9.17) is 4.74 Å². The third-order valence-corrected chi connectivity index (χ3v) is 4.46. The molecule has 1 saturated heterocycles. The first-order valence-corrected chi connectivity index (χ1v) is 7.88. The molecule has 1 aliphatic rings. The minimum absolute atomic E-state index is 0.675. The number of hydrogen-bond donors (Lipinski definition) is 1. The highest BCUT2D eigenvalue weighted by molar-refractivity contribution is 5.90. The van der Waals surface area contributed by atoms with E-state index in [9.17, 15) is 0 Å². The van der Waals surface area contributed by atoms with Crippen molar-refractivity contribution >= 4 is 16.9 Å². The second-order valence-electron chi connectivity index (χ2n) is 5.83. The average Bonchev–Trinajstić information content (AvgIpc) is 2.80. The van der Waals surface area contributed by atoms with Crippen LogP contribution in [-0.2, 0) is 11.2 Å². The van der Waals surface area contributed by atoms with Gasteiger partial charge in [-0.2, -0.15) is 0 Å². The van der Waals surface area contributed by atoms with Crippen LogP contribution >= 0.6 is 0 Å². The van der Waals surface area contributed by atoms with Crippen LogP contribution in [0.1, 0.15) is 31.7 Å². The molecule has 1 unspecified atom stereocenters. The van der Waals surface area contributed by atoms with Gasteiger partial charge in [-0.15, -0.1) is 0 Å². The molecule has 1 fully saturated rings. The van der Waals surface area contributed by atoms with Gasteiger partial charge in [0, 0.05) is 33.0 Å². The van der Waals surface area contributed by atoms with Crippen molar-refractivity contribution in [2.75, 3.05) is 31.7 Å². The van der Waals surface area contributed by atoms with Crippen LogP contribution in [0.4, 0.5) is 5.82 Å². The summed E-state index contributed by atoms with van der Waals surface area (Å²) in [6.07, 6.45) is 8.35. The second-order valence-corrected chi connectivity index (χ2v) is 5.83. The summed E-state index contributed by atoms with van der Waals surface area (Å²) in [5.74, 6) is 1.77. The first kappa shape index (κ1) is 14.3. The lowest BCUT2D eigenvalue weighted by Crippen LogP contribution is -2.26. The minimum atomic E-state index is 0.675. The van der Waals surface area contributed by atoms with E-state index in [-0.39, 0.29) is 0 Å². The molecule has 5 nitrogen and oxygen atoms in total. The van der Waals surface area contributed by atoms with Gasteiger partial charge in [-0.25, -0.2) is 9.97 Å². The van der Waals surface area contributed by atoms with Gasteiger partial charge in [-0.3, -0.25) is 0 Å². The maximum Gasteiger partial charge on any atom is 0.143 e. The first-order valence-electron chi connectivity index (χ1n) is 7.88. The van der Waals surface area contributed by atoms with E-state index in [0.29, 0.717) is 5.92 Å². The van der Waals surface area contributed by atoms with E-state index < -0.39 is 0 Å². The number of aromatic nitrogens is 3. The molecule has 1 N–H and O–H groups in total. The van der Waals surface area contributed by atoms with E-state index >= 15 is 0 Å². The monoisotopic (exact) mass is 288 g/mol. The van der Waals surface area contributed by atoms with Crippen LogP contribution in [0.15, 0.2) is 12.5 Å². The molecule has 2 aromatic heterocycles. The molecule has 1 aliphatic heterocycles. The van der Waals surface area contributed by atoms with E-state index in [1.165, 1.54) is 30.2 Å². The quantitative estimate of drug-likeness (QED) is 0.940. The van der Waals surface area contributed by atoms with Gasteiger partial charge in [0.25, 0.3) is 0 Å². The molecule has 3 rings (SSSR count). The number of nitrogens with one attached hydrogen (secondary N) is 1. The molecule has 0 amide bonds. The third-order valence-electron chi connectivity index (χ3n) is 4.46. The van der Waals surface area contributed by atoms with Gasteiger partial charge >= 0.3 is 0 Å². The molecule has 0 bridgehead atoms. The Labute approximate surface area is 125 Å². The van der Waals surface area contributed by atoms with Crippen LogP contribution in [0, 0.1) is 5.92 Å². The van der Waals surface area contributed by atoms with E-state index in [2.05, 4.69) is 33.0 Å². The van der Waals surface area contributed by atoms with Crippen molar-refractivity contribution < 1.29 is 4.74 Å².